The summed E-state index contributed by atoms with van der Waals surface area (Å²) in [6.07, 6.45) is -3.28. The molecule has 4 aromatic rings. The van der Waals surface area contributed by atoms with E-state index in [1.807, 2.05) is 54.8 Å². The van der Waals surface area contributed by atoms with Gasteiger partial charge in [0.15, 0.2) is 0 Å². The van der Waals surface area contributed by atoms with E-state index >= 15 is 0 Å². The van der Waals surface area contributed by atoms with Crippen molar-refractivity contribution in [2.75, 3.05) is 5.75 Å². The van der Waals surface area contributed by atoms with Crippen molar-refractivity contribution in [1.29, 1.82) is 0 Å². The average molecular weight is 512 g/mol. The number of pyridine rings is 1. The van der Waals surface area contributed by atoms with Gasteiger partial charge in [-0.05, 0) is 73.2 Å². The molecular weight excluding hydrogens is 483 g/mol. The summed E-state index contributed by atoms with van der Waals surface area (Å²) >= 11 is 1.77. The van der Waals surface area contributed by atoms with Gasteiger partial charge in [-0.3, -0.25) is 9.78 Å². The summed E-state index contributed by atoms with van der Waals surface area (Å²) in [5.41, 5.74) is 2.38. The number of fused-ring (bicyclic) bond motifs is 1. The Morgan fingerprint density at radius 1 is 1.08 bits per heavy atom. The van der Waals surface area contributed by atoms with Crippen molar-refractivity contribution in [2.45, 2.75) is 50.9 Å². The van der Waals surface area contributed by atoms with Gasteiger partial charge in [-0.2, -0.15) is 13.2 Å². The topological polar surface area (TPSA) is 46.9 Å². The number of amides is 1. The molecule has 0 radical (unpaired) electrons. The second kappa shape index (κ2) is 10.8. The van der Waals surface area contributed by atoms with Crippen molar-refractivity contribution < 1.29 is 18.0 Å². The van der Waals surface area contributed by atoms with Crippen molar-refractivity contribution >= 4 is 28.6 Å². The fourth-order valence-corrected chi connectivity index (χ4v) is 5.03. The molecule has 188 valence electrons. The van der Waals surface area contributed by atoms with Crippen molar-refractivity contribution in [3.63, 3.8) is 0 Å². The van der Waals surface area contributed by atoms with E-state index in [0.717, 1.165) is 34.1 Å². The monoisotopic (exact) mass is 511 g/mol. The van der Waals surface area contributed by atoms with E-state index in [2.05, 4.69) is 17.2 Å². The van der Waals surface area contributed by atoms with Gasteiger partial charge in [0.05, 0.1) is 0 Å². The zero-order valence-electron chi connectivity index (χ0n) is 20.4. The molecule has 1 N–H and O–H groups in total. The molecule has 0 aliphatic heterocycles. The predicted octanol–water partition coefficient (Wildman–Crippen LogP) is 7.27. The van der Waals surface area contributed by atoms with E-state index in [4.69, 9.17) is 0 Å². The van der Waals surface area contributed by atoms with Crippen molar-refractivity contribution in [3.05, 3.63) is 94.9 Å². The lowest BCUT2D eigenvalue weighted by atomic mass is 10.1. The average Bonchev–Trinajstić information content (AvgIpc) is 3.20. The molecule has 4 rings (SSSR count). The Hall–Kier alpha value is -3.26. The van der Waals surface area contributed by atoms with Crippen LogP contribution in [0, 0.1) is 0 Å². The zero-order valence-corrected chi connectivity index (χ0v) is 21.2. The molecule has 1 amide bonds. The van der Waals surface area contributed by atoms with Crippen LogP contribution in [0.2, 0.25) is 0 Å². The summed E-state index contributed by atoms with van der Waals surface area (Å²) in [5.74, 6) is 0.805. The van der Waals surface area contributed by atoms with Gasteiger partial charge >= 0.3 is 6.18 Å². The first-order valence-corrected chi connectivity index (χ1v) is 12.8. The molecule has 0 fully saturated rings. The fourth-order valence-electron chi connectivity index (χ4n) is 4.37. The third-order valence-corrected chi connectivity index (χ3v) is 6.81. The number of halogens is 3. The minimum Gasteiger partial charge on any atom is -0.348 e. The van der Waals surface area contributed by atoms with Crippen LogP contribution in [0.3, 0.4) is 0 Å². The Morgan fingerprint density at radius 2 is 1.83 bits per heavy atom. The third-order valence-electron chi connectivity index (χ3n) is 5.92. The van der Waals surface area contributed by atoms with E-state index in [1.165, 1.54) is 17.0 Å². The molecule has 8 heteroatoms. The van der Waals surface area contributed by atoms with E-state index in [9.17, 15) is 18.0 Å². The number of aromatic nitrogens is 2. The molecule has 0 spiro atoms. The number of nitrogens with zero attached hydrogens (tertiary/aromatic N) is 2. The van der Waals surface area contributed by atoms with Gasteiger partial charge in [-0.1, -0.05) is 25.1 Å². The van der Waals surface area contributed by atoms with E-state index in [0.29, 0.717) is 12.1 Å². The van der Waals surface area contributed by atoms with Crippen LogP contribution in [0.25, 0.3) is 10.9 Å². The smallest absolute Gasteiger partial charge is 0.348 e. The molecule has 0 aliphatic rings. The van der Waals surface area contributed by atoms with Gasteiger partial charge in [0.2, 0.25) is 0 Å². The van der Waals surface area contributed by atoms with Gasteiger partial charge in [0, 0.05) is 52.3 Å². The van der Waals surface area contributed by atoms with Crippen molar-refractivity contribution in [1.82, 2.24) is 14.9 Å². The molecule has 2 aromatic heterocycles. The molecule has 36 heavy (non-hydrogen) atoms. The molecule has 0 bridgehead atoms. The highest BCUT2D eigenvalue weighted by Crippen LogP contribution is 2.33. The molecule has 0 aliphatic carbocycles. The maximum absolute atomic E-state index is 13.5. The highest BCUT2D eigenvalue weighted by Gasteiger charge is 2.35. The number of carbonyl (C=O) groups excluding carboxylic acids is 1. The summed E-state index contributed by atoms with van der Waals surface area (Å²) in [6.45, 7) is 6.49. The van der Waals surface area contributed by atoms with Crippen LogP contribution in [-0.2, 0) is 19.1 Å². The standard InChI is InChI=1S/C28H28F3N3OS/c1-4-36-24-10-7-19(8-11-24)17-33-27(35)21-9-12-25-22(14-21)16-23(34(25)18(2)3)15-20-6-5-13-32-26(20)28(29,30)31/h5-14,16,18H,4,15,17H2,1-3H3,(H,33,35). The lowest BCUT2D eigenvalue weighted by Gasteiger charge is -2.16. The SMILES string of the molecule is CCSc1ccc(CNC(=O)c2ccc3c(c2)cc(Cc2cccnc2C(F)(F)F)n3C(C)C)cc1. The molecule has 0 saturated carbocycles. The zero-order chi connectivity index (χ0) is 25.9. The number of nitrogens with one attached hydrogen (secondary N) is 1. The van der Waals surface area contributed by atoms with Crippen LogP contribution >= 0.6 is 11.8 Å². The lowest BCUT2D eigenvalue weighted by Crippen LogP contribution is -2.22. The fraction of sp³-hybridized carbons (Fsp3) is 0.286. The Morgan fingerprint density at radius 3 is 2.50 bits per heavy atom. The van der Waals surface area contributed by atoms with Gasteiger partial charge < -0.3 is 9.88 Å². The summed E-state index contributed by atoms with van der Waals surface area (Å²) in [5, 5.41) is 3.76. The van der Waals surface area contributed by atoms with Crippen LogP contribution in [0.5, 0.6) is 0 Å². The van der Waals surface area contributed by atoms with Crippen LogP contribution < -0.4 is 5.32 Å². The van der Waals surface area contributed by atoms with Gasteiger partial charge in [-0.25, -0.2) is 0 Å². The largest absolute Gasteiger partial charge is 0.433 e. The first-order valence-electron chi connectivity index (χ1n) is 11.8. The highest BCUT2D eigenvalue weighted by atomic mass is 32.2. The van der Waals surface area contributed by atoms with Gasteiger partial charge in [0.1, 0.15) is 5.69 Å². The van der Waals surface area contributed by atoms with E-state index < -0.39 is 11.9 Å². The molecular formula is C28H28F3N3OS. The number of hydrogen-bond donors (Lipinski definition) is 1. The summed E-state index contributed by atoms with van der Waals surface area (Å²) in [7, 11) is 0. The Balaban J connectivity index is 1.58. The molecule has 4 nitrogen and oxygen atoms in total. The first kappa shape index (κ1) is 25.8. The van der Waals surface area contributed by atoms with Crippen LogP contribution in [-0.4, -0.2) is 21.2 Å². The lowest BCUT2D eigenvalue weighted by molar-refractivity contribution is -0.141. The van der Waals surface area contributed by atoms with Crippen molar-refractivity contribution in [3.8, 4) is 0 Å². The Kier molecular flexibility index (Phi) is 7.73. The number of thioether (sulfide) groups is 1. The Bertz CT molecular complexity index is 1360. The van der Waals surface area contributed by atoms with Crippen LogP contribution in [0.15, 0.2) is 71.8 Å². The van der Waals surface area contributed by atoms with Crippen molar-refractivity contribution in [2.24, 2.45) is 0 Å². The second-order valence-corrected chi connectivity index (χ2v) is 10.2. The maximum Gasteiger partial charge on any atom is 0.433 e. The predicted molar refractivity (Wildman–Crippen MR) is 138 cm³/mol. The number of rotatable bonds is 8. The maximum atomic E-state index is 13.5. The minimum absolute atomic E-state index is 0.0250. The molecule has 0 atom stereocenters. The number of benzene rings is 2. The number of alkyl halides is 3. The summed E-state index contributed by atoms with van der Waals surface area (Å²) in [6, 6.07) is 18.4. The minimum atomic E-state index is -4.52. The van der Waals surface area contributed by atoms with Crippen LogP contribution in [0.1, 0.15) is 59.7 Å². The number of hydrogen-bond acceptors (Lipinski definition) is 3. The number of carbonyl (C=O) groups is 1. The quantitative estimate of drug-likeness (QED) is 0.253. The summed E-state index contributed by atoms with van der Waals surface area (Å²) < 4.78 is 42.5. The van der Waals surface area contributed by atoms with E-state index in [1.54, 1.807) is 23.9 Å². The second-order valence-electron chi connectivity index (χ2n) is 8.82. The van der Waals surface area contributed by atoms with Gasteiger partial charge in [-0.15, -0.1) is 11.8 Å². The third kappa shape index (κ3) is 5.75. The van der Waals surface area contributed by atoms with Crippen LogP contribution in [0.4, 0.5) is 13.2 Å². The normalized spacial score (nSPS) is 11.9. The molecule has 2 aromatic carbocycles. The summed E-state index contributed by atoms with van der Waals surface area (Å²) in [4.78, 5) is 17.6. The van der Waals surface area contributed by atoms with Gasteiger partial charge in [0.25, 0.3) is 5.91 Å². The van der Waals surface area contributed by atoms with E-state index in [-0.39, 0.29) is 23.9 Å². The first-order chi connectivity index (χ1) is 17.2. The highest BCUT2D eigenvalue weighted by molar-refractivity contribution is 7.99. The molecule has 2 heterocycles. The Labute approximate surface area is 212 Å². The molecule has 0 saturated heterocycles. The molecule has 0 unspecified atom stereocenters.